The molecule has 0 spiro atoms. The van der Waals surface area contributed by atoms with E-state index < -0.39 is 11.6 Å². The largest absolute Gasteiger partial charge is 0.366 e. The molecule has 2 saturated heterocycles. The van der Waals surface area contributed by atoms with E-state index in [1.165, 1.54) is 24.7 Å². The fourth-order valence-corrected chi connectivity index (χ4v) is 4.00. The lowest BCUT2D eigenvalue weighted by Gasteiger charge is -2.39. The van der Waals surface area contributed by atoms with E-state index in [1.54, 1.807) is 6.07 Å². The maximum Gasteiger partial charge on any atom is 0.183 e. The predicted molar refractivity (Wildman–Crippen MR) is 89.2 cm³/mol. The molecule has 25 heavy (non-hydrogen) atoms. The molecule has 0 radical (unpaired) electrons. The van der Waals surface area contributed by atoms with Crippen LogP contribution in [0.4, 0.5) is 20.3 Å². The first-order valence-electron chi connectivity index (χ1n) is 8.33. The Labute approximate surface area is 144 Å². The first-order valence-corrected chi connectivity index (χ1v) is 8.33. The highest BCUT2D eigenvalue weighted by atomic mass is 19.1. The van der Waals surface area contributed by atoms with Gasteiger partial charge in [0.1, 0.15) is 12.1 Å². The molecule has 1 aromatic heterocycles. The molecule has 128 valence electrons. The molecule has 0 aliphatic carbocycles. The van der Waals surface area contributed by atoms with Crippen molar-refractivity contribution < 1.29 is 8.78 Å². The van der Waals surface area contributed by atoms with E-state index in [0.29, 0.717) is 29.5 Å². The summed E-state index contributed by atoms with van der Waals surface area (Å²) in [6, 6.07) is 6.57. The smallest absolute Gasteiger partial charge is 0.183 e. The summed E-state index contributed by atoms with van der Waals surface area (Å²) in [6.07, 6.45) is 4.48. The van der Waals surface area contributed by atoms with Crippen molar-refractivity contribution >= 4 is 11.5 Å². The number of piperidine rings is 1. The van der Waals surface area contributed by atoms with Gasteiger partial charge in [0.25, 0.3) is 0 Å². The third kappa shape index (κ3) is 2.88. The van der Waals surface area contributed by atoms with E-state index in [2.05, 4.69) is 14.9 Å². The molecule has 4 rings (SSSR count). The van der Waals surface area contributed by atoms with E-state index in [9.17, 15) is 8.78 Å². The molecule has 5 nitrogen and oxygen atoms in total. The SMILES string of the molecule is N#Cc1cc(F)cc(N2CCC3CCN(c4ncncc4F)CC32)c1. The Balaban J connectivity index is 1.62. The van der Waals surface area contributed by atoms with Crippen molar-refractivity contribution in [3.63, 3.8) is 0 Å². The molecule has 7 heteroatoms. The molecule has 0 N–H and O–H groups in total. The Hall–Kier alpha value is -2.75. The van der Waals surface area contributed by atoms with Crippen molar-refractivity contribution in [2.24, 2.45) is 5.92 Å². The third-order valence-electron chi connectivity index (χ3n) is 5.15. The molecule has 3 heterocycles. The van der Waals surface area contributed by atoms with Gasteiger partial charge in [-0.05, 0) is 37.0 Å². The summed E-state index contributed by atoms with van der Waals surface area (Å²) in [5.41, 5.74) is 1.03. The lowest BCUT2D eigenvalue weighted by atomic mass is 9.92. The summed E-state index contributed by atoms with van der Waals surface area (Å²) in [5.74, 6) is -0.0396. The monoisotopic (exact) mass is 341 g/mol. The van der Waals surface area contributed by atoms with Crippen LogP contribution >= 0.6 is 0 Å². The Kier molecular flexibility index (Phi) is 3.96. The van der Waals surface area contributed by atoms with Crippen molar-refractivity contribution in [1.82, 2.24) is 9.97 Å². The van der Waals surface area contributed by atoms with Gasteiger partial charge in [0.15, 0.2) is 11.6 Å². The summed E-state index contributed by atoms with van der Waals surface area (Å²) in [5, 5.41) is 9.08. The fourth-order valence-electron chi connectivity index (χ4n) is 4.00. The van der Waals surface area contributed by atoms with Crippen LogP contribution in [0.25, 0.3) is 0 Å². The zero-order valence-corrected chi connectivity index (χ0v) is 13.6. The lowest BCUT2D eigenvalue weighted by molar-refractivity contribution is 0.386. The van der Waals surface area contributed by atoms with E-state index >= 15 is 0 Å². The summed E-state index contributed by atoms with van der Waals surface area (Å²) >= 11 is 0. The van der Waals surface area contributed by atoms with E-state index in [1.807, 2.05) is 11.0 Å². The van der Waals surface area contributed by atoms with Gasteiger partial charge >= 0.3 is 0 Å². The van der Waals surface area contributed by atoms with Gasteiger partial charge in [-0.2, -0.15) is 5.26 Å². The molecule has 2 atom stereocenters. The van der Waals surface area contributed by atoms with Crippen LogP contribution in [0.1, 0.15) is 18.4 Å². The molecule has 2 aromatic rings. The summed E-state index contributed by atoms with van der Waals surface area (Å²) < 4.78 is 27.9. The van der Waals surface area contributed by atoms with Crippen molar-refractivity contribution in [2.75, 3.05) is 29.4 Å². The molecular weight excluding hydrogens is 324 g/mol. The van der Waals surface area contributed by atoms with Crippen LogP contribution < -0.4 is 9.80 Å². The van der Waals surface area contributed by atoms with Gasteiger partial charge in [0, 0.05) is 31.4 Å². The van der Waals surface area contributed by atoms with Gasteiger partial charge in [-0.25, -0.2) is 18.7 Å². The molecule has 2 aliphatic heterocycles. The third-order valence-corrected chi connectivity index (χ3v) is 5.15. The molecule has 0 saturated carbocycles. The lowest BCUT2D eigenvalue weighted by Crippen LogP contribution is -2.49. The minimum atomic E-state index is -0.428. The second kappa shape index (κ2) is 6.28. The fraction of sp³-hybridized carbons (Fsp3) is 0.389. The van der Waals surface area contributed by atoms with Gasteiger partial charge in [0.2, 0.25) is 0 Å². The number of rotatable bonds is 2. The van der Waals surface area contributed by atoms with Crippen LogP contribution in [0.15, 0.2) is 30.7 Å². The Morgan fingerprint density at radius 3 is 2.80 bits per heavy atom. The topological polar surface area (TPSA) is 56.1 Å². The number of anilines is 2. The number of hydrogen-bond acceptors (Lipinski definition) is 5. The highest BCUT2D eigenvalue weighted by Crippen LogP contribution is 2.37. The second-order valence-electron chi connectivity index (χ2n) is 6.55. The van der Waals surface area contributed by atoms with E-state index in [4.69, 9.17) is 5.26 Å². The first-order chi connectivity index (χ1) is 12.2. The van der Waals surface area contributed by atoms with Crippen molar-refractivity contribution in [2.45, 2.75) is 18.9 Å². The summed E-state index contributed by atoms with van der Waals surface area (Å²) in [6.45, 7) is 2.18. The van der Waals surface area contributed by atoms with Crippen LogP contribution in [0.2, 0.25) is 0 Å². The van der Waals surface area contributed by atoms with Gasteiger partial charge < -0.3 is 9.80 Å². The molecule has 1 aromatic carbocycles. The summed E-state index contributed by atoms with van der Waals surface area (Å²) in [7, 11) is 0. The van der Waals surface area contributed by atoms with Gasteiger partial charge in [-0.3, -0.25) is 0 Å². The normalized spacial score (nSPS) is 22.6. The number of benzene rings is 1. The Morgan fingerprint density at radius 1 is 1.16 bits per heavy atom. The Bertz CT molecular complexity index is 834. The standard InChI is InChI=1S/C18H17F2N5/c19-14-5-12(8-21)6-15(7-14)25-4-2-13-1-3-24(10-17(13)25)18-16(20)9-22-11-23-18/h5-7,9,11,13,17H,1-4,10H2. The number of halogens is 2. The second-order valence-corrected chi connectivity index (χ2v) is 6.55. The Morgan fingerprint density at radius 2 is 2.00 bits per heavy atom. The minimum Gasteiger partial charge on any atom is -0.366 e. The minimum absolute atomic E-state index is 0.149. The van der Waals surface area contributed by atoms with Crippen molar-refractivity contribution in [3.05, 3.63) is 47.9 Å². The molecule has 2 unspecified atom stereocenters. The van der Waals surface area contributed by atoms with Crippen LogP contribution in [0, 0.1) is 28.9 Å². The van der Waals surface area contributed by atoms with Crippen LogP contribution in [-0.4, -0.2) is 35.6 Å². The number of hydrogen-bond donors (Lipinski definition) is 0. The van der Waals surface area contributed by atoms with E-state index in [0.717, 1.165) is 25.9 Å². The maximum atomic E-state index is 14.0. The van der Waals surface area contributed by atoms with Crippen LogP contribution in [-0.2, 0) is 0 Å². The number of nitrogens with zero attached hydrogens (tertiary/aromatic N) is 5. The number of nitriles is 1. The average Bonchev–Trinajstić information content (AvgIpc) is 3.04. The molecular formula is C18H17F2N5. The van der Waals surface area contributed by atoms with Crippen molar-refractivity contribution in [1.29, 1.82) is 5.26 Å². The molecule has 2 aliphatic rings. The van der Waals surface area contributed by atoms with Crippen LogP contribution in [0.5, 0.6) is 0 Å². The zero-order chi connectivity index (χ0) is 17.4. The van der Waals surface area contributed by atoms with Gasteiger partial charge in [0.05, 0.1) is 17.8 Å². The van der Waals surface area contributed by atoms with Crippen LogP contribution in [0.3, 0.4) is 0 Å². The van der Waals surface area contributed by atoms with Crippen molar-refractivity contribution in [3.8, 4) is 6.07 Å². The zero-order valence-electron chi connectivity index (χ0n) is 13.6. The molecule has 2 fully saturated rings. The van der Waals surface area contributed by atoms with Gasteiger partial charge in [-0.15, -0.1) is 0 Å². The number of aromatic nitrogens is 2. The highest BCUT2D eigenvalue weighted by molar-refractivity contribution is 5.55. The number of fused-ring (bicyclic) bond motifs is 1. The molecule has 0 bridgehead atoms. The predicted octanol–water partition coefficient (Wildman–Crippen LogP) is 2.73. The first kappa shape index (κ1) is 15.8. The highest BCUT2D eigenvalue weighted by Gasteiger charge is 2.39. The summed E-state index contributed by atoms with van der Waals surface area (Å²) in [4.78, 5) is 11.8. The quantitative estimate of drug-likeness (QED) is 0.841. The van der Waals surface area contributed by atoms with E-state index in [-0.39, 0.29) is 6.04 Å². The molecule has 0 amide bonds. The maximum absolute atomic E-state index is 14.0. The average molecular weight is 341 g/mol. The van der Waals surface area contributed by atoms with Gasteiger partial charge in [-0.1, -0.05) is 0 Å².